The van der Waals surface area contributed by atoms with Crippen molar-refractivity contribution in [2.75, 3.05) is 19.0 Å². The summed E-state index contributed by atoms with van der Waals surface area (Å²) in [6, 6.07) is 13.5. The predicted octanol–water partition coefficient (Wildman–Crippen LogP) is 3.44. The Hall–Kier alpha value is -2.96. The molecule has 11 heteroatoms. The van der Waals surface area contributed by atoms with Crippen LogP contribution in [0.25, 0.3) is 11.0 Å². The van der Waals surface area contributed by atoms with Gasteiger partial charge in [-0.2, -0.15) is 13.2 Å². The molecule has 0 amide bonds. The van der Waals surface area contributed by atoms with Gasteiger partial charge in [0, 0.05) is 29.8 Å². The molecule has 1 unspecified atom stereocenters. The van der Waals surface area contributed by atoms with Crippen LogP contribution in [0.4, 0.5) is 18.9 Å². The van der Waals surface area contributed by atoms with Gasteiger partial charge in [-0.1, -0.05) is 30.3 Å². The highest BCUT2D eigenvalue weighted by Crippen LogP contribution is 2.36. The first-order valence-corrected chi connectivity index (χ1v) is 10.8. The van der Waals surface area contributed by atoms with Crippen LogP contribution in [0.1, 0.15) is 17.4 Å². The van der Waals surface area contributed by atoms with E-state index >= 15 is 0 Å². The van der Waals surface area contributed by atoms with Crippen molar-refractivity contribution in [3.8, 4) is 0 Å². The van der Waals surface area contributed by atoms with Crippen LogP contribution in [0.5, 0.6) is 0 Å². The summed E-state index contributed by atoms with van der Waals surface area (Å²) in [5.74, 6) is 0. The summed E-state index contributed by atoms with van der Waals surface area (Å²) in [7, 11) is 1.42. The first-order chi connectivity index (χ1) is 16.7. The van der Waals surface area contributed by atoms with Crippen molar-refractivity contribution in [1.29, 1.82) is 0 Å². The minimum Gasteiger partial charge on any atom is -0.422 e. The zero-order chi connectivity index (χ0) is 24.7. The molecule has 0 spiro atoms. The van der Waals surface area contributed by atoms with Crippen LogP contribution >= 0.6 is 0 Å². The molecule has 8 nitrogen and oxygen atoms in total. The molecule has 2 aliphatic rings. The Bertz CT molecular complexity index is 1250. The number of rotatable bonds is 4. The van der Waals surface area contributed by atoms with Gasteiger partial charge in [-0.25, -0.2) is 4.79 Å². The first kappa shape index (κ1) is 23.8. The monoisotopic (exact) mass is 493 g/mol. The van der Waals surface area contributed by atoms with Crippen LogP contribution in [0.2, 0.25) is 0 Å². The lowest BCUT2D eigenvalue weighted by Gasteiger charge is -2.47. The van der Waals surface area contributed by atoms with E-state index in [-0.39, 0.29) is 17.6 Å². The minimum atomic E-state index is -4.82. The Morgan fingerprint density at radius 3 is 2.57 bits per heavy atom. The fourth-order valence-corrected chi connectivity index (χ4v) is 4.32. The molecule has 0 aliphatic carbocycles. The van der Waals surface area contributed by atoms with Crippen LogP contribution in [0.3, 0.4) is 0 Å². The normalized spacial score (nSPS) is 29.1. The molecule has 0 bridgehead atoms. The number of anilines is 1. The second-order valence-electron chi connectivity index (χ2n) is 8.31. The molecular formula is C24H22F3NO7. The van der Waals surface area contributed by atoms with Gasteiger partial charge in [0.05, 0.1) is 6.61 Å². The number of ether oxygens (including phenoxy) is 4. The number of aliphatic hydroxyl groups excluding tert-OH is 1. The molecule has 186 valence electrons. The van der Waals surface area contributed by atoms with Gasteiger partial charge in [0.25, 0.3) is 0 Å². The van der Waals surface area contributed by atoms with Gasteiger partial charge in [0.2, 0.25) is 0 Å². The number of benzene rings is 2. The van der Waals surface area contributed by atoms with Crippen molar-refractivity contribution < 1.29 is 41.6 Å². The highest BCUT2D eigenvalue weighted by Gasteiger charge is 2.49. The Balaban J connectivity index is 1.39. The lowest BCUT2D eigenvalue weighted by Crippen LogP contribution is -2.64. The SMILES string of the molecule is CO[C@H]1O[C@@H]2COC(c3ccccc3)O[C@H]2[C@H](O)[C@H]1Nc1ccc2cc(C(F)(F)F)c(=O)oc2c1. The van der Waals surface area contributed by atoms with Crippen molar-refractivity contribution in [2.24, 2.45) is 0 Å². The summed E-state index contributed by atoms with van der Waals surface area (Å²) >= 11 is 0. The predicted molar refractivity (Wildman–Crippen MR) is 117 cm³/mol. The lowest BCUT2D eigenvalue weighted by molar-refractivity contribution is -0.337. The maximum absolute atomic E-state index is 13.0. The summed E-state index contributed by atoms with van der Waals surface area (Å²) in [4.78, 5) is 11.8. The van der Waals surface area contributed by atoms with E-state index in [1.165, 1.54) is 25.3 Å². The number of alkyl halides is 3. The molecule has 2 saturated heterocycles. The quantitative estimate of drug-likeness (QED) is 0.534. The Kier molecular flexibility index (Phi) is 6.28. The van der Waals surface area contributed by atoms with E-state index in [0.29, 0.717) is 5.69 Å². The zero-order valence-corrected chi connectivity index (χ0v) is 18.4. The molecule has 1 aromatic heterocycles. The van der Waals surface area contributed by atoms with E-state index in [2.05, 4.69) is 5.32 Å². The Morgan fingerprint density at radius 1 is 1.09 bits per heavy atom. The molecule has 2 N–H and O–H groups in total. The zero-order valence-electron chi connectivity index (χ0n) is 18.4. The molecule has 2 aromatic carbocycles. The van der Waals surface area contributed by atoms with Crippen molar-refractivity contribution in [3.63, 3.8) is 0 Å². The molecule has 5 rings (SSSR count). The van der Waals surface area contributed by atoms with E-state index < -0.39 is 54.3 Å². The van der Waals surface area contributed by atoms with Crippen LogP contribution < -0.4 is 10.9 Å². The molecule has 6 atom stereocenters. The third-order valence-corrected chi connectivity index (χ3v) is 6.04. The summed E-state index contributed by atoms with van der Waals surface area (Å²) in [6.07, 6.45) is -8.81. The van der Waals surface area contributed by atoms with Gasteiger partial charge in [-0.15, -0.1) is 0 Å². The van der Waals surface area contributed by atoms with Crippen LogP contribution in [-0.2, 0) is 25.1 Å². The van der Waals surface area contributed by atoms with Gasteiger partial charge in [0.1, 0.15) is 35.5 Å². The molecule has 2 aliphatic heterocycles. The fraction of sp³-hybridized carbons (Fsp3) is 0.375. The lowest BCUT2D eigenvalue weighted by atomic mass is 9.95. The van der Waals surface area contributed by atoms with Crippen LogP contribution in [0, 0.1) is 0 Å². The maximum atomic E-state index is 13.0. The van der Waals surface area contributed by atoms with Gasteiger partial charge in [-0.3, -0.25) is 0 Å². The minimum absolute atomic E-state index is 0.0440. The average Bonchev–Trinajstić information content (AvgIpc) is 2.84. The van der Waals surface area contributed by atoms with E-state index in [1.807, 2.05) is 30.3 Å². The van der Waals surface area contributed by atoms with Gasteiger partial charge >= 0.3 is 11.8 Å². The first-order valence-electron chi connectivity index (χ1n) is 10.8. The van der Waals surface area contributed by atoms with Crippen molar-refractivity contribution >= 4 is 16.7 Å². The van der Waals surface area contributed by atoms with E-state index in [0.717, 1.165) is 11.6 Å². The van der Waals surface area contributed by atoms with Gasteiger partial charge in [-0.05, 0) is 18.2 Å². The number of hydrogen-bond donors (Lipinski definition) is 2. The summed E-state index contributed by atoms with van der Waals surface area (Å²) < 4.78 is 67.1. The number of nitrogens with one attached hydrogen (secondary N) is 1. The Morgan fingerprint density at radius 2 is 1.86 bits per heavy atom. The average molecular weight is 493 g/mol. The number of halogens is 3. The van der Waals surface area contributed by atoms with E-state index in [4.69, 9.17) is 23.4 Å². The molecular weight excluding hydrogens is 471 g/mol. The molecule has 0 saturated carbocycles. The van der Waals surface area contributed by atoms with Gasteiger partial charge in [0.15, 0.2) is 12.6 Å². The van der Waals surface area contributed by atoms with Crippen molar-refractivity contribution in [2.45, 2.75) is 43.1 Å². The third kappa shape index (κ3) is 4.65. The summed E-state index contributed by atoms with van der Waals surface area (Å²) in [5.41, 5.74) is -1.74. The number of hydrogen-bond acceptors (Lipinski definition) is 8. The largest absolute Gasteiger partial charge is 0.423 e. The molecule has 3 heterocycles. The highest BCUT2D eigenvalue weighted by atomic mass is 19.4. The second kappa shape index (κ2) is 9.25. The number of aliphatic hydroxyl groups is 1. The second-order valence-corrected chi connectivity index (χ2v) is 8.31. The smallest absolute Gasteiger partial charge is 0.422 e. The van der Waals surface area contributed by atoms with Crippen LogP contribution in [0.15, 0.2) is 63.8 Å². The van der Waals surface area contributed by atoms with E-state index in [9.17, 15) is 23.1 Å². The number of methoxy groups -OCH3 is 1. The third-order valence-electron chi connectivity index (χ3n) is 6.04. The molecule has 2 fully saturated rings. The Labute approximate surface area is 197 Å². The van der Waals surface area contributed by atoms with Crippen molar-refractivity contribution in [3.05, 3.63) is 76.1 Å². The maximum Gasteiger partial charge on any atom is 0.423 e. The topological polar surface area (TPSA) is 99.4 Å². The van der Waals surface area contributed by atoms with Crippen LogP contribution in [-0.4, -0.2) is 49.5 Å². The van der Waals surface area contributed by atoms with Gasteiger partial charge < -0.3 is 33.8 Å². The number of fused-ring (bicyclic) bond motifs is 2. The molecule has 35 heavy (non-hydrogen) atoms. The standard InChI is InChI=1S/C24H22F3NO7/c1-31-23-18(19(29)20-17(34-23)11-32-22(35-20)12-5-3-2-4-6-12)28-14-8-7-13-9-15(24(25,26)27)21(30)33-16(13)10-14/h2-10,17-20,22-23,28-29H,11H2,1H3/t17-,18-,19-,20-,22?,23+/m1/s1. The summed E-state index contributed by atoms with van der Waals surface area (Å²) in [5, 5.41) is 14.3. The molecule has 0 radical (unpaired) electrons. The van der Waals surface area contributed by atoms with Crippen molar-refractivity contribution in [1.82, 2.24) is 0 Å². The highest BCUT2D eigenvalue weighted by molar-refractivity contribution is 5.81. The fourth-order valence-electron chi connectivity index (χ4n) is 4.32. The molecule has 3 aromatic rings. The van der Waals surface area contributed by atoms with E-state index in [1.54, 1.807) is 0 Å². The summed E-state index contributed by atoms with van der Waals surface area (Å²) in [6.45, 7) is 0.177.